The zero-order valence-electron chi connectivity index (χ0n) is 5.83. The van der Waals surface area contributed by atoms with Crippen LogP contribution >= 0.6 is 0 Å². The predicted octanol–water partition coefficient (Wildman–Crippen LogP) is -1.15. The molecule has 0 saturated carbocycles. The Morgan fingerprint density at radius 3 is 2.70 bits per heavy atom. The summed E-state index contributed by atoms with van der Waals surface area (Å²) in [6, 6.07) is 0. The average Bonchev–Trinajstić information content (AvgIpc) is 1.99. The molecule has 10 heavy (non-hydrogen) atoms. The molecule has 0 aliphatic heterocycles. The topological polar surface area (TPSA) is 84.6 Å². The fraction of sp³-hybridized carbons (Fsp3) is 0.500. The Morgan fingerprint density at radius 2 is 2.30 bits per heavy atom. The van der Waals surface area contributed by atoms with Gasteiger partial charge in [-0.2, -0.15) is 0 Å². The summed E-state index contributed by atoms with van der Waals surface area (Å²) < 4.78 is 0. The molecule has 0 rings (SSSR count). The number of hydrogen-bond acceptors (Lipinski definition) is 4. The lowest BCUT2D eigenvalue weighted by Gasteiger charge is -1.92. The molecule has 0 aromatic carbocycles. The van der Waals surface area contributed by atoms with Gasteiger partial charge in [0.25, 0.3) is 0 Å². The molecular formula is C6H13N3O. The van der Waals surface area contributed by atoms with Gasteiger partial charge in [-0.1, -0.05) is 0 Å². The Hall–Kier alpha value is -0.870. The molecular weight excluding hydrogens is 130 g/mol. The molecule has 0 fully saturated rings. The fourth-order valence-corrected chi connectivity index (χ4v) is 0.403. The summed E-state index contributed by atoms with van der Waals surface area (Å²) in [4.78, 5) is 3.83. The van der Waals surface area contributed by atoms with Gasteiger partial charge in [0.1, 0.15) is 0 Å². The third-order valence-corrected chi connectivity index (χ3v) is 0.936. The monoisotopic (exact) mass is 143 g/mol. The summed E-state index contributed by atoms with van der Waals surface area (Å²) in [5.41, 5.74) is 11.2. The second-order valence-corrected chi connectivity index (χ2v) is 1.70. The third-order valence-electron chi connectivity index (χ3n) is 0.936. The fourth-order valence-electron chi connectivity index (χ4n) is 0.403. The minimum atomic E-state index is 0.0545. The summed E-state index contributed by atoms with van der Waals surface area (Å²) in [6.45, 7) is 0.835. The average molecular weight is 143 g/mol. The predicted molar refractivity (Wildman–Crippen MR) is 41.8 cm³/mol. The first-order valence-electron chi connectivity index (χ1n) is 3.06. The highest BCUT2D eigenvalue weighted by atomic mass is 16.3. The van der Waals surface area contributed by atoms with Gasteiger partial charge in [-0.25, -0.2) is 0 Å². The van der Waals surface area contributed by atoms with E-state index in [1.165, 1.54) is 6.20 Å². The third kappa shape index (κ3) is 4.05. The van der Waals surface area contributed by atoms with Crippen LogP contribution in [0.3, 0.4) is 0 Å². The van der Waals surface area contributed by atoms with Crippen molar-refractivity contribution in [3.05, 3.63) is 11.8 Å². The van der Waals surface area contributed by atoms with Crippen LogP contribution in [0.4, 0.5) is 0 Å². The van der Waals surface area contributed by atoms with Gasteiger partial charge >= 0.3 is 0 Å². The van der Waals surface area contributed by atoms with Crippen molar-refractivity contribution in [2.24, 2.45) is 16.5 Å². The summed E-state index contributed by atoms with van der Waals surface area (Å²) >= 11 is 0. The van der Waals surface area contributed by atoms with Gasteiger partial charge in [-0.05, 0) is 11.8 Å². The van der Waals surface area contributed by atoms with Gasteiger partial charge in [0.2, 0.25) is 0 Å². The SMILES string of the molecule is N/C=C(\C=N/CCO)CN. The smallest absolute Gasteiger partial charge is 0.0626 e. The lowest BCUT2D eigenvalue weighted by atomic mass is 10.3. The van der Waals surface area contributed by atoms with E-state index in [2.05, 4.69) is 4.99 Å². The molecule has 58 valence electrons. The maximum absolute atomic E-state index is 8.33. The van der Waals surface area contributed by atoms with Crippen LogP contribution in [0.5, 0.6) is 0 Å². The van der Waals surface area contributed by atoms with E-state index in [-0.39, 0.29) is 6.61 Å². The van der Waals surface area contributed by atoms with Crippen molar-refractivity contribution in [3.8, 4) is 0 Å². The maximum Gasteiger partial charge on any atom is 0.0626 e. The summed E-state index contributed by atoms with van der Waals surface area (Å²) in [5, 5.41) is 8.33. The Morgan fingerprint density at radius 1 is 1.60 bits per heavy atom. The maximum atomic E-state index is 8.33. The standard InChI is InChI=1S/C6H13N3O/c7-3-6(4-8)5-9-1-2-10/h3,5,10H,1-2,4,7-8H2/b6-3-,9-5-. The minimum absolute atomic E-state index is 0.0545. The molecule has 0 heterocycles. The van der Waals surface area contributed by atoms with E-state index in [0.717, 1.165) is 5.57 Å². The Kier molecular flexibility index (Phi) is 5.71. The van der Waals surface area contributed by atoms with E-state index < -0.39 is 0 Å². The normalized spacial score (nSPS) is 12.8. The quantitative estimate of drug-likeness (QED) is 0.434. The van der Waals surface area contributed by atoms with E-state index in [1.807, 2.05) is 0 Å². The van der Waals surface area contributed by atoms with Gasteiger partial charge in [-0.15, -0.1) is 0 Å². The lowest BCUT2D eigenvalue weighted by Crippen LogP contribution is -2.06. The van der Waals surface area contributed by atoms with Crippen molar-refractivity contribution in [3.63, 3.8) is 0 Å². The molecule has 4 heteroatoms. The number of aliphatic hydroxyl groups is 1. The molecule has 0 bridgehead atoms. The van der Waals surface area contributed by atoms with E-state index in [0.29, 0.717) is 13.1 Å². The first-order valence-corrected chi connectivity index (χ1v) is 3.06. The van der Waals surface area contributed by atoms with E-state index >= 15 is 0 Å². The van der Waals surface area contributed by atoms with E-state index in [9.17, 15) is 0 Å². The highest BCUT2D eigenvalue weighted by Crippen LogP contribution is 1.81. The van der Waals surface area contributed by atoms with Crippen LogP contribution in [0.15, 0.2) is 16.8 Å². The number of nitrogens with zero attached hydrogens (tertiary/aromatic N) is 1. The van der Waals surface area contributed by atoms with Crippen LogP contribution in [0.1, 0.15) is 0 Å². The van der Waals surface area contributed by atoms with Gasteiger partial charge in [0.05, 0.1) is 13.2 Å². The molecule has 5 N–H and O–H groups in total. The van der Waals surface area contributed by atoms with Gasteiger partial charge in [0, 0.05) is 12.8 Å². The molecule has 0 saturated heterocycles. The largest absolute Gasteiger partial charge is 0.404 e. The second-order valence-electron chi connectivity index (χ2n) is 1.70. The summed E-state index contributed by atoms with van der Waals surface area (Å²) in [6.07, 6.45) is 2.97. The molecule has 0 spiro atoms. The zero-order chi connectivity index (χ0) is 7.82. The Labute approximate surface area is 60.2 Å². The van der Waals surface area contributed by atoms with Crippen molar-refractivity contribution < 1.29 is 5.11 Å². The number of hydrogen-bond donors (Lipinski definition) is 3. The minimum Gasteiger partial charge on any atom is -0.404 e. The molecule has 0 aromatic rings. The molecule has 0 aliphatic rings. The molecule has 0 unspecified atom stereocenters. The van der Waals surface area contributed by atoms with Gasteiger partial charge in [-0.3, -0.25) is 4.99 Å². The van der Waals surface area contributed by atoms with Crippen molar-refractivity contribution in [1.29, 1.82) is 0 Å². The summed E-state index contributed by atoms with van der Waals surface area (Å²) in [5.74, 6) is 0. The second kappa shape index (κ2) is 6.25. The van der Waals surface area contributed by atoms with Crippen LogP contribution < -0.4 is 11.5 Å². The van der Waals surface area contributed by atoms with Crippen molar-refractivity contribution in [1.82, 2.24) is 0 Å². The van der Waals surface area contributed by atoms with Crippen molar-refractivity contribution in [2.45, 2.75) is 0 Å². The van der Waals surface area contributed by atoms with Gasteiger partial charge in [0.15, 0.2) is 0 Å². The van der Waals surface area contributed by atoms with Crippen LogP contribution in [0.2, 0.25) is 0 Å². The summed E-state index contributed by atoms with van der Waals surface area (Å²) in [7, 11) is 0. The lowest BCUT2D eigenvalue weighted by molar-refractivity contribution is 0.307. The number of aliphatic hydroxyl groups excluding tert-OH is 1. The Balaban J connectivity index is 3.63. The molecule has 0 radical (unpaired) electrons. The van der Waals surface area contributed by atoms with E-state index in [1.54, 1.807) is 6.21 Å². The molecule has 0 amide bonds. The number of nitrogens with two attached hydrogens (primary N) is 2. The first-order chi connectivity index (χ1) is 4.85. The number of rotatable bonds is 4. The van der Waals surface area contributed by atoms with Crippen LogP contribution in [0, 0.1) is 0 Å². The highest BCUT2D eigenvalue weighted by Gasteiger charge is 1.84. The van der Waals surface area contributed by atoms with Crippen molar-refractivity contribution in [2.75, 3.05) is 19.7 Å². The molecule has 0 atom stereocenters. The van der Waals surface area contributed by atoms with Crippen molar-refractivity contribution >= 4 is 6.21 Å². The van der Waals surface area contributed by atoms with E-state index in [4.69, 9.17) is 16.6 Å². The highest BCUT2D eigenvalue weighted by molar-refractivity contribution is 5.78. The number of aliphatic imine (C=N–C) groups is 1. The zero-order valence-corrected chi connectivity index (χ0v) is 5.83. The van der Waals surface area contributed by atoms with Crippen LogP contribution in [-0.4, -0.2) is 31.0 Å². The van der Waals surface area contributed by atoms with Gasteiger partial charge < -0.3 is 16.6 Å². The molecule has 0 aromatic heterocycles. The first kappa shape index (κ1) is 9.13. The van der Waals surface area contributed by atoms with Crippen LogP contribution in [0.25, 0.3) is 0 Å². The molecule has 4 nitrogen and oxygen atoms in total. The van der Waals surface area contributed by atoms with Crippen LogP contribution in [-0.2, 0) is 0 Å². The molecule has 0 aliphatic carbocycles. The Bertz CT molecular complexity index is 131.